The molecule has 1 aromatic carbocycles. The van der Waals surface area contributed by atoms with Crippen molar-refractivity contribution in [1.82, 2.24) is 24.8 Å². The summed E-state index contributed by atoms with van der Waals surface area (Å²) in [6.45, 7) is 7.59. The zero-order valence-corrected chi connectivity index (χ0v) is 15.2. The van der Waals surface area contributed by atoms with Crippen molar-refractivity contribution in [3.63, 3.8) is 0 Å². The maximum Gasteiger partial charge on any atom is 0.328 e. The second-order valence-electron chi connectivity index (χ2n) is 7.05. The first kappa shape index (κ1) is 16.8. The second kappa shape index (κ2) is 6.92. The van der Waals surface area contributed by atoms with Crippen LogP contribution in [0.1, 0.15) is 23.1 Å². The lowest BCUT2D eigenvalue weighted by atomic mass is 10.0. The minimum Gasteiger partial charge on any atom is -0.354 e. The van der Waals surface area contributed by atoms with Crippen LogP contribution in [0, 0.1) is 19.8 Å². The number of aromatic amines is 1. The van der Waals surface area contributed by atoms with Gasteiger partial charge in [0, 0.05) is 6.54 Å². The van der Waals surface area contributed by atoms with Crippen molar-refractivity contribution >= 4 is 17.1 Å². The van der Waals surface area contributed by atoms with Gasteiger partial charge in [0.25, 0.3) is 0 Å². The summed E-state index contributed by atoms with van der Waals surface area (Å²) in [5.41, 5.74) is 4.68. The Hall–Kier alpha value is -2.67. The van der Waals surface area contributed by atoms with Crippen LogP contribution < -0.4 is 16.3 Å². The molecule has 4 rings (SSSR count). The molecule has 1 aliphatic rings. The van der Waals surface area contributed by atoms with E-state index in [1.54, 1.807) is 10.8 Å². The van der Waals surface area contributed by atoms with Crippen LogP contribution >= 0.6 is 0 Å². The molecule has 1 atom stereocenters. The number of anilines is 1. The van der Waals surface area contributed by atoms with Crippen molar-refractivity contribution in [2.75, 3.05) is 25.0 Å². The summed E-state index contributed by atoms with van der Waals surface area (Å²) >= 11 is 0. The third kappa shape index (κ3) is 3.22. The van der Waals surface area contributed by atoms with E-state index in [0.717, 1.165) is 31.6 Å². The molecule has 0 radical (unpaired) electrons. The molecule has 0 saturated carbocycles. The Morgan fingerprint density at radius 2 is 2.23 bits per heavy atom. The first-order valence-corrected chi connectivity index (χ1v) is 9.07. The summed E-state index contributed by atoms with van der Waals surface area (Å²) in [5.74, 6) is 1.16. The number of fused-ring (bicyclic) bond motifs is 1. The smallest absolute Gasteiger partial charge is 0.328 e. The van der Waals surface area contributed by atoms with Gasteiger partial charge in [-0.2, -0.15) is 4.98 Å². The SMILES string of the molecule is Cc1cccc(Cn2c(=O)[nH]c3cnc(NC[C@@H]4CCNC4)nc32)c1C. The van der Waals surface area contributed by atoms with Crippen LogP contribution in [0.2, 0.25) is 0 Å². The first-order chi connectivity index (χ1) is 12.6. The molecule has 0 unspecified atom stereocenters. The topological polar surface area (TPSA) is 87.6 Å². The van der Waals surface area contributed by atoms with Gasteiger partial charge in [0.15, 0.2) is 5.65 Å². The molecule has 0 amide bonds. The fourth-order valence-corrected chi connectivity index (χ4v) is 3.46. The zero-order valence-electron chi connectivity index (χ0n) is 15.2. The Morgan fingerprint density at radius 1 is 1.35 bits per heavy atom. The van der Waals surface area contributed by atoms with Crippen LogP contribution in [0.4, 0.5) is 5.95 Å². The Bertz CT molecular complexity index is 983. The van der Waals surface area contributed by atoms with Gasteiger partial charge in [0.05, 0.1) is 12.7 Å². The van der Waals surface area contributed by atoms with Gasteiger partial charge in [-0.25, -0.2) is 9.78 Å². The van der Waals surface area contributed by atoms with E-state index in [-0.39, 0.29) is 5.69 Å². The summed E-state index contributed by atoms with van der Waals surface area (Å²) in [4.78, 5) is 24.2. The Labute approximate surface area is 151 Å². The highest BCUT2D eigenvalue weighted by Gasteiger charge is 2.15. The standard InChI is InChI=1S/C19H24N6O/c1-12-4-3-5-15(13(12)2)11-25-17-16(23-19(25)26)10-22-18(24-17)21-9-14-6-7-20-8-14/h3-5,10,14,20H,6-9,11H2,1-2H3,(H,23,26)(H,21,22,24)/t14-/m1/s1. The maximum absolute atomic E-state index is 12.4. The van der Waals surface area contributed by atoms with Gasteiger partial charge in [-0.15, -0.1) is 0 Å². The van der Waals surface area contributed by atoms with Gasteiger partial charge < -0.3 is 15.6 Å². The van der Waals surface area contributed by atoms with E-state index in [2.05, 4.69) is 51.6 Å². The number of imidazole rings is 1. The number of nitrogens with one attached hydrogen (secondary N) is 3. The molecular formula is C19H24N6O. The molecule has 3 heterocycles. The molecular weight excluding hydrogens is 328 g/mol. The van der Waals surface area contributed by atoms with Gasteiger partial charge in [0.1, 0.15) is 5.52 Å². The lowest BCUT2D eigenvalue weighted by Gasteiger charge is -2.11. The minimum atomic E-state index is -0.160. The van der Waals surface area contributed by atoms with E-state index in [1.807, 2.05) is 6.07 Å². The summed E-state index contributed by atoms with van der Waals surface area (Å²) in [6.07, 6.45) is 2.84. The maximum atomic E-state index is 12.4. The average molecular weight is 352 g/mol. The van der Waals surface area contributed by atoms with Gasteiger partial charge in [-0.05, 0) is 56.0 Å². The summed E-state index contributed by atoms with van der Waals surface area (Å²) in [6, 6.07) is 6.16. The van der Waals surface area contributed by atoms with E-state index in [4.69, 9.17) is 0 Å². The number of H-pyrrole nitrogens is 1. The molecule has 1 aliphatic heterocycles. The highest BCUT2D eigenvalue weighted by Crippen LogP contribution is 2.16. The first-order valence-electron chi connectivity index (χ1n) is 9.07. The Balaban J connectivity index is 1.63. The van der Waals surface area contributed by atoms with E-state index in [9.17, 15) is 4.79 Å². The molecule has 7 heteroatoms. The number of aryl methyl sites for hydroxylation is 1. The second-order valence-corrected chi connectivity index (χ2v) is 7.05. The molecule has 136 valence electrons. The lowest BCUT2D eigenvalue weighted by Crippen LogP contribution is -2.19. The van der Waals surface area contributed by atoms with Crippen molar-refractivity contribution in [3.05, 3.63) is 51.6 Å². The number of nitrogens with zero attached hydrogens (tertiary/aromatic N) is 3. The quantitative estimate of drug-likeness (QED) is 0.652. The number of rotatable bonds is 5. The molecule has 26 heavy (non-hydrogen) atoms. The van der Waals surface area contributed by atoms with E-state index >= 15 is 0 Å². The Kier molecular flexibility index (Phi) is 4.46. The molecule has 7 nitrogen and oxygen atoms in total. The molecule has 3 aromatic rings. The largest absolute Gasteiger partial charge is 0.354 e. The van der Waals surface area contributed by atoms with Crippen LogP contribution in [0.25, 0.3) is 11.2 Å². The van der Waals surface area contributed by atoms with Crippen molar-refractivity contribution in [2.45, 2.75) is 26.8 Å². The fraction of sp³-hybridized carbons (Fsp3) is 0.421. The van der Waals surface area contributed by atoms with Crippen molar-refractivity contribution < 1.29 is 0 Å². The number of hydrogen-bond acceptors (Lipinski definition) is 5. The molecule has 1 saturated heterocycles. The number of benzene rings is 1. The van der Waals surface area contributed by atoms with Crippen LogP contribution in [0.5, 0.6) is 0 Å². The van der Waals surface area contributed by atoms with Gasteiger partial charge in [-0.3, -0.25) is 4.57 Å². The fourth-order valence-electron chi connectivity index (χ4n) is 3.46. The predicted molar refractivity (Wildman–Crippen MR) is 103 cm³/mol. The number of hydrogen-bond donors (Lipinski definition) is 3. The minimum absolute atomic E-state index is 0.160. The van der Waals surface area contributed by atoms with Crippen LogP contribution in [0.15, 0.2) is 29.2 Å². The summed E-state index contributed by atoms with van der Waals surface area (Å²) in [7, 11) is 0. The summed E-state index contributed by atoms with van der Waals surface area (Å²) in [5, 5.41) is 6.66. The zero-order chi connectivity index (χ0) is 18.1. The highest BCUT2D eigenvalue weighted by atomic mass is 16.1. The van der Waals surface area contributed by atoms with Crippen molar-refractivity contribution in [1.29, 1.82) is 0 Å². The van der Waals surface area contributed by atoms with E-state index in [0.29, 0.717) is 29.6 Å². The highest BCUT2D eigenvalue weighted by molar-refractivity contribution is 5.71. The van der Waals surface area contributed by atoms with Crippen molar-refractivity contribution in [2.24, 2.45) is 5.92 Å². The van der Waals surface area contributed by atoms with Crippen molar-refractivity contribution in [3.8, 4) is 0 Å². The lowest BCUT2D eigenvalue weighted by molar-refractivity contribution is 0.613. The third-order valence-corrected chi connectivity index (χ3v) is 5.27. The Morgan fingerprint density at radius 3 is 3.04 bits per heavy atom. The van der Waals surface area contributed by atoms with E-state index in [1.165, 1.54) is 11.1 Å². The van der Waals surface area contributed by atoms with Crippen LogP contribution in [-0.2, 0) is 6.54 Å². The molecule has 0 aliphatic carbocycles. The third-order valence-electron chi connectivity index (χ3n) is 5.27. The average Bonchev–Trinajstić information content (AvgIpc) is 3.25. The van der Waals surface area contributed by atoms with Gasteiger partial charge in [-0.1, -0.05) is 18.2 Å². The van der Waals surface area contributed by atoms with Crippen LogP contribution in [-0.4, -0.2) is 39.2 Å². The monoisotopic (exact) mass is 352 g/mol. The molecule has 0 bridgehead atoms. The predicted octanol–water partition coefficient (Wildman–Crippen LogP) is 1.81. The molecule has 0 spiro atoms. The summed E-state index contributed by atoms with van der Waals surface area (Å²) < 4.78 is 1.68. The van der Waals surface area contributed by atoms with Gasteiger partial charge in [0.2, 0.25) is 5.95 Å². The van der Waals surface area contributed by atoms with E-state index < -0.39 is 0 Å². The van der Waals surface area contributed by atoms with Gasteiger partial charge >= 0.3 is 5.69 Å². The van der Waals surface area contributed by atoms with Crippen LogP contribution in [0.3, 0.4) is 0 Å². The molecule has 3 N–H and O–H groups in total. The molecule has 1 fully saturated rings. The molecule has 2 aromatic heterocycles. The normalized spacial score (nSPS) is 17.1. The number of aromatic nitrogens is 4.